The third kappa shape index (κ3) is 6.46. The molecular weight excluding hydrogens is 637 g/mol. The van der Waals surface area contributed by atoms with Gasteiger partial charge in [0.1, 0.15) is 0 Å². The van der Waals surface area contributed by atoms with Crippen molar-refractivity contribution < 1.29 is 14.3 Å². The number of nitrogens with zero attached hydrogens (tertiary/aromatic N) is 5. The fourth-order valence-corrected chi connectivity index (χ4v) is 7.58. The lowest BCUT2D eigenvalue weighted by atomic mass is 9.92. The summed E-state index contributed by atoms with van der Waals surface area (Å²) in [7, 11) is 1.97. The average Bonchev–Trinajstić information content (AvgIpc) is 3.77. The van der Waals surface area contributed by atoms with E-state index >= 15 is 0 Å². The highest BCUT2D eigenvalue weighted by molar-refractivity contribution is 6.09. The van der Waals surface area contributed by atoms with Crippen molar-refractivity contribution in [3.8, 4) is 11.3 Å². The second kappa shape index (κ2) is 14.0. The van der Waals surface area contributed by atoms with Crippen LogP contribution in [0, 0.1) is 6.92 Å². The second-order valence-electron chi connectivity index (χ2n) is 13.6. The first-order chi connectivity index (χ1) is 24.9. The molecule has 2 aliphatic heterocycles. The predicted molar refractivity (Wildman–Crippen MR) is 200 cm³/mol. The Morgan fingerprint density at radius 2 is 1.63 bits per heavy atom. The van der Waals surface area contributed by atoms with E-state index in [0.717, 1.165) is 65.2 Å². The number of anilines is 1. The van der Waals surface area contributed by atoms with Crippen LogP contribution in [-0.2, 0) is 31.3 Å². The van der Waals surface area contributed by atoms with E-state index in [9.17, 15) is 9.59 Å². The van der Waals surface area contributed by atoms with Crippen molar-refractivity contribution in [3.05, 3.63) is 143 Å². The number of hydrogen-bond acceptors (Lipinski definition) is 5. The van der Waals surface area contributed by atoms with Crippen LogP contribution in [0.25, 0.3) is 22.2 Å². The number of aromatic nitrogens is 3. The first-order valence-corrected chi connectivity index (χ1v) is 17.7. The van der Waals surface area contributed by atoms with Crippen molar-refractivity contribution in [1.82, 2.24) is 24.6 Å². The average molecular weight is 679 g/mol. The molecule has 51 heavy (non-hydrogen) atoms. The molecule has 0 saturated carbocycles. The number of nitrogens with one attached hydrogen (secondary N) is 1. The fourth-order valence-electron chi connectivity index (χ4n) is 7.58. The molecule has 0 radical (unpaired) electrons. The Morgan fingerprint density at radius 1 is 0.882 bits per heavy atom. The van der Waals surface area contributed by atoms with E-state index in [4.69, 9.17) is 4.74 Å². The number of H-pyrrole nitrogens is 1. The van der Waals surface area contributed by atoms with Crippen LogP contribution in [0.2, 0.25) is 0 Å². The lowest BCUT2D eigenvalue weighted by Gasteiger charge is -2.40. The van der Waals surface area contributed by atoms with Crippen LogP contribution in [0.5, 0.6) is 0 Å². The van der Waals surface area contributed by atoms with Gasteiger partial charge in [-0.15, -0.1) is 0 Å². The maximum absolute atomic E-state index is 14.8. The van der Waals surface area contributed by atoms with Crippen LogP contribution in [0.1, 0.15) is 43.1 Å². The van der Waals surface area contributed by atoms with Gasteiger partial charge < -0.3 is 19.1 Å². The van der Waals surface area contributed by atoms with Gasteiger partial charge in [-0.2, -0.15) is 5.10 Å². The van der Waals surface area contributed by atoms with Gasteiger partial charge in [0.25, 0.3) is 11.8 Å². The van der Waals surface area contributed by atoms with Crippen LogP contribution >= 0.6 is 0 Å². The lowest BCUT2D eigenvalue weighted by molar-refractivity contribution is 0.0193. The molecule has 258 valence electrons. The smallest absolute Gasteiger partial charge is 0.260 e. The Balaban J connectivity index is 1.15. The molecule has 0 aliphatic carbocycles. The number of hydrogen-bond donors (Lipinski definition) is 1. The molecule has 8 rings (SSSR count). The highest BCUT2D eigenvalue weighted by Crippen LogP contribution is 2.33. The molecular formula is C42H42N6O3. The number of amides is 2. The third-order valence-corrected chi connectivity index (χ3v) is 10.6. The minimum absolute atomic E-state index is 0.00339. The molecule has 2 aromatic heterocycles. The number of ether oxygens (including phenoxy) is 1. The van der Waals surface area contributed by atoms with Crippen molar-refractivity contribution in [2.45, 2.75) is 32.5 Å². The van der Waals surface area contributed by atoms with Crippen LogP contribution in [0.15, 0.2) is 109 Å². The van der Waals surface area contributed by atoms with Crippen LogP contribution in [0.3, 0.4) is 0 Å². The summed E-state index contributed by atoms with van der Waals surface area (Å²) in [5.41, 5.74) is 8.85. The molecule has 1 atom stereocenters. The first kappa shape index (κ1) is 32.7. The summed E-state index contributed by atoms with van der Waals surface area (Å²) in [6.07, 6.45) is 2.59. The molecule has 0 bridgehead atoms. The molecule has 6 aromatic rings. The van der Waals surface area contributed by atoms with Gasteiger partial charge in [0.15, 0.2) is 0 Å². The SMILES string of the molecule is Cc1c(C(=O)N(Cc2ccccc2)c2ccc3cn[nH]c3c2)cc(-c2ccccc2C(=O)N2Cc3ccccc3CC2CN2CCOCC2)n1C. The quantitative estimate of drug-likeness (QED) is 0.196. The fraction of sp³-hybridized carbons (Fsp3) is 0.262. The molecule has 9 nitrogen and oxygen atoms in total. The number of morpholine rings is 1. The normalized spacial score (nSPS) is 16.3. The van der Waals surface area contributed by atoms with E-state index in [-0.39, 0.29) is 17.9 Å². The number of aromatic amines is 1. The molecule has 4 heterocycles. The number of rotatable bonds is 8. The molecule has 1 saturated heterocycles. The summed E-state index contributed by atoms with van der Waals surface area (Å²) < 4.78 is 7.66. The van der Waals surface area contributed by atoms with E-state index in [1.807, 2.05) is 102 Å². The maximum Gasteiger partial charge on any atom is 0.260 e. The highest BCUT2D eigenvalue weighted by Gasteiger charge is 2.34. The van der Waals surface area contributed by atoms with Gasteiger partial charge in [-0.3, -0.25) is 19.6 Å². The van der Waals surface area contributed by atoms with Crippen molar-refractivity contribution in [2.75, 3.05) is 37.7 Å². The monoisotopic (exact) mass is 678 g/mol. The van der Waals surface area contributed by atoms with Gasteiger partial charge in [-0.1, -0.05) is 72.8 Å². The number of carbonyl (C=O) groups excluding carboxylic acids is 2. The maximum atomic E-state index is 14.8. The van der Waals surface area contributed by atoms with Crippen molar-refractivity contribution in [2.24, 2.45) is 7.05 Å². The summed E-state index contributed by atoms with van der Waals surface area (Å²) in [6.45, 7) is 6.90. The predicted octanol–water partition coefficient (Wildman–Crippen LogP) is 6.62. The molecule has 4 aromatic carbocycles. The molecule has 1 fully saturated rings. The Morgan fingerprint density at radius 3 is 2.45 bits per heavy atom. The van der Waals surface area contributed by atoms with Crippen molar-refractivity contribution in [3.63, 3.8) is 0 Å². The minimum Gasteiger partial charge on any atom is -0.379 e. The Kier molecular flexibility index (Phi) is 8.98. The molecule has 2 aliphatic rings. The Hall–Kier alpha value is -5.51. The van der Waals surface area contributed by atoms with Crippen LogP contribution < -0.4 is 4.90 Å². The Labute approximate surface area is 298 Å². The summed E-state index contributed by atoms with van der Waals surface area (Å²) in [5, 5.41) is 8.21. The molecule has 1 N–H and O–H groups in total. The first-order valence-electron chi connectivity index (χ1n) is 17.7. The van der Waals surface area contributed by atoms with Gasteiger partial charge >= 0.3 is 0 Å². The molecule has 9 heteroatoms. The van der Waals surface area contributed by atoms with E-state index in [2.05, 4.69) is 44.3 Å². The number of fused-ring (bicyclic) bond motifs is 2. The summed E-state index contributed by atoms with van der Waals surface area (Å²) in [5.74, 6) is -0.109. The summed E-state index contributed by atoms with van der Waals surface area (Å²) in [6, 6.07) is 34.2. The van der Waals surface area contributed by atoms with Gasteiger partial charge in [-0.05, 0) is 60.4 Å². The topological polar surface area (TPSA) is 86.7 Å². The van der Waals surface area contributed by atoms with Gasteiger partial charge in [-0.25, -0.2) is 0 Å². The van der Waals surface area contributed by atoms with Gasteiger partial charge in [0, 0.05) is 72.9 Å². The van der Waals surface area contributed by atoms with E-state index < -0.39 is 0 Å². The lowest BCUT2D eigenvalue weighted by Crippen LogP contribution is -2.52. The largest absolute Gasteiger partial charge is 0.379 e. The van der Waals surface area contributed by atoms with Crippen molar-refractivity contribution >= 4 is 28.4 Å². The van der Waals surface area contributed by atoms with E-state index in [0.29, 0.717) is 37.4 Å². The van der Waals surface area contributed by atoms with Crippen molar-refractivity contribution in [1.29, 1.82) is 0 Å². The number of benzene rings is 4. The van der Waals surface area contributed by atoms with E-state index in [1.54, 1.807) is 6.20 Å². The Bertz CT molecular complexity index is 2200. The van der Waals surface area contributed by atoms with Gasteiger partial charge in [0.2, 0.25) is 0 Å². The summed E-state index contributed by atoms with van der Waals surface area (Å²) in [4.78, 5) is 35.7. The zero-order valence-electron chi connectivity index (χ0n) is 29.1. The van der Waals surface area contributed by atoms with Crippen LogP contribution in [0.4, 0.5) is 5.69 Å². The zero-order chi connectivity index (χ0) is 34.9. The zero-order valence-corrected chi connectivity index (χ0v) is 29.1. The minimum atomic E-state index is -0.112. The molecule has 0 spiro atoms. The third-order valence-electron chi connectivity index (χ3n) is 10.6. The summed E-state index contributed by atoms with van der Waals surface area (Å²) >= 11 is 0. The standard InChI is InChI=1S/C42H42N6O3/c1-29-38(42(50)47(26-30-10-4-3-5-11-30)34-17-16-32-25-43-44-39(32)23-34)24-40(45(29)2)36-14-8-9-15-37(36)41(49)48-27-33-13-7-6-12-31(33)22-35(48)28-46-18-20-51-21-19-46/h3-17,23-25,35H,18-22,26-28H2,1-2H3,(H,43,44). The van der Waals surface area contributed by atoms with Gasteiger partial charge in [0.05, 0.1) is 37.0 Å². The highest BCUT2D eigenvalue weighted by atomic mass is 16.5. The van der Waals surface area contributed by atoms with Crippen LogP contribution in [-0.4, -0.2) is 75.3 Å². The van der Waals surface area contributed by atoms with E-state index in [1.165, 1.54) is 11.1 Å². The second-order valence-corrected chi connectivity index (χ2v) is 13.6. The molecule has 1 unspecified atom stereocenters. The molecule has 2 amide bonds. The number of carbonyl (C=O) groups is 2.